The number of rotatable bonds is 4. The zero-order valence-corrected chi connectivity index (χ0v) is 13.9. The van der Waals surface area contributed by atoms with Crippen LogP contribution in [0.25, 0.3) is 10.9 Å². The van der Waals surface area contributed by atoms with Crippen molar-refractivity contribution < 1.29 is 28.0 Å². The van der Waals surface area contributed by atoms with E-state index in [0.29, 0.717) is 6.42 Å². The van der Waals surface area contributed by atoms with Crippen LogP contribution >= 0.6 is 0 Å². The average molecular weight is 368 g/mol. The molecule has 1 aromatic carbocycles. The SMILES string of the molecule is CCCOC(=O)c1cn2c3c(c(F)c(F)c([N+](=O)[O-])c3c1=O)OC[C@@H]2C. The molecule has 3 rings (SSSR count). The van der Waals surface area contributed by atoms with Gasteiger partial charge in [0.25, 0.3) is 0 Å². The molecular formula is C16H14F2N2O6. The van der Waals surface area contributed by atoms with Gasteiger partial charge in [-0.05, 0) is 13.3 Å². The van der Waals surface area contributed by atoms with Crippen molar-refractivity contribution in [2.45, 2.75) is 26.3 Å². The Morgan fingerprint density at radius 2 is 2.15 bits per heavy atom. The van der Waals surface area contributed by atoms with E-state index in [1.165, 1.54) is 4.57 Å². The molecular weight excluding hydrogens is 354 g/mol. The van der Waals surface area contributed by atoms with E-state index in [2.05, 4.69) is 0 Å². The number of ether oxygens (including phenoxy) is 2. The molecule has 0 fully saturated rings. The van der Waals surface area contributed by atoms with Crippen molar-refractivity contribution in [2.75, 3.05) is 13.2 Å². The van der Waals surface area contributed by atoms with Crippen LogP contribution in [-0.4, -0.2) is 28.7 Å². The van der Waals surface area contributed by atoms with Crippen LogP contribution in [-0.2, 0) is 4.74 Å². The molecule has 138 valence electrons. The predicted molar refractivity (Wildman–Crippen MR) is 85.6 cm³/mol. The first-order valence-electron chi connectivity index (χ1n) is 7.83. The lowest BCUT2D eigenvalue weighted by atomic mass is 10.1. The first kappa shape index (κ1) is 17.8. The van der Waals surface area contributed by atoms with E-state index in [9.17, 15) is 28.5 Å². The summed E-state index contributed by atoms with van der Waals surface area (Å²) < 4.78 is 39.9. The van der Waals surface area contributed by atoms with E-state index >= 15 is 0 Å². The number of nitro benzene ring substituents is 1. The van der Waals surface area contributed by atoms with Gasteiger partial charge in [0.05, 0.1) is 17.6 Å². The molecule has 1 atom stereocenters. The number of pyridine rings is 1. The lowest BCUT2D eigenvalue weighted by Crippen LogP contribution is -2.28. The molecule has 0 unspecified atom stereocenters. The van der Waals surface area contributed by atoms with Gasteiger partial charge in [0.2, 0.25) is 17.1 Å². The van der Waals surface area contributed by atoms with Gasteiger partial charge < -0.3 is 14.0 Å². The Kier molecular flexibility index (Phi) is 4.34. The summed E-state index contributed by atoms with van der Waals surface area (Å²) in [6.07, 6.45) is 1.64. The van der Waals surface area contributed by atoms with Gasteiger partial charge in [-0.25, -0.2) is 4.79 Å². The number of esters is 1. The standard InChI is InChI=1S/C16H14F2N2O6/c1-3-4-25-16(22)8-5-19-7(2)6-26-15-11(18)10(17)12(20(23)24)9(13(15)19)14(8)21/h5,7H,3-4,6H2,1-2H3/t7-/m0/s1. The molecule has 26 heavy (non-hydrogen) atoms. The number of benzene rings is 1. The van der Waals surface area contributed by atoms with Crippen molar-refractivity contribution in [2.24, 2.45) is 0 Å². The lowest BCUT2D eigenvalue weighted by Gasteiger charge is -2.27. The maximum Gasteiger partial charge on any atom is 0.343 e. The monoisotopic (exact) mass is 368 g/mol. The van der Waals surface area contributed by atoms with Crippen molar-refractivity contribution in [3.05, 3.63) is 43.7 Å². The first-order valence-corrected chi connectivity index (χ1v) is 7.83. The molecule has 1 aliphatic rings. The van der Waals surface area contributed by atoms with Gasteiger partial charge in [0.1, 0.15) is 23.1 Å². The summed E-state index contributed by atoms with van der Waals surface area (Å²) in [5.41, 5.74) is -3.18. The number of nitro groups is 1. The summed E-state index contributed by atoms with van der Waals surface area (Å²) in [4.78, 5) is 35.0. The Hall–Kier alpha value is -3.04. The van der Waals surface area contributed by atoms with Crippen LogP contribution in [0.4, 0.5) is 14.5 Å². The second-order valence-corrected chi connectivity index (χ2v) is 5.86. The van der Waals surface area contributed by atoms with Gasteiger partial charge in [0, 0.05) is 6.20 Å². The molecule has 1 aliphatic heterocycles. The molecule has 0 N–H and O–H groups in total. The van der Waals surface area contributed by atoms with Crippen LogP contribution < -0.4 is 10.2 Å². The average Bonchev–Trinajstić information content (AvgIpc) is 2.60. The van der Waals surface area contributed by atoms with Gasteiger partial charge in [-0.3, -0.25) is 14.9 Å². The van der Waals surface area contributed by atoms with Crippen LogP contribution in [0.15, 0.2) is 11.0 Å². The van der Waals surface area contributed by atoms with Crippen LogP contribution in [0.2, 0.25) is 0 Å². The summed E-state index contributed by atoms with van der Waals surface area (Å²) in [5.74, 6) is -4.94. The van der Waals surface area contributed by atoms with Crippen molar-refractivity contribution in [1.82, 2.24) is 4.57 Å². The first-order chi connectivity index (χ1) is 12.3. The highest BCUT2D eigenvalue weighted by molar-refractivity contribution is 5.99. The normalized spacial score (nSPS) is 15.6. The Morgan fingerprint density at radius 3 is 2.77 bits per heavy atom. The molecule has 0 radical (unpaired) electrons. The fourth-order valence-electron chi connectivity index (χ4n) is 2.85. The minimum atomic E-state index is -1.81. The molecule has 2 aromatic rings. The van der Waals surface area contributed by atoms with E-state index in [4.69, 9.17) is 9.47 Å². The van der Waals surface area contributed by atoms with E-state index < -0.39 is 56.4 Å². The number of hydrogen-bond donors (Lipinski definition) is 0. The van der Waals surface area contributed by atoms with Gasteiger partial charge >= 0.3 is 11.7 Å². The number of carbonyl (C=O) groups excluding carboxylic acids is 1. The van der Waals surface area contributed by atoms with Crippen LogP contribution in [0.3, 0.4) is 0 Å². The fraction of sp³-hybridized carbons (Fsp3) is 0.375. The second kappa shape index (κ2) is 6.36. The third-order valence-electron chi connectivity index (χ3n) is 4.07. The zero-order valence-electron chi connectivity index (χ0n) is 13.9. The molecule has 8 nitrogen and oxygen atoms in total. The van der Waals surface area contributed by atoms with Crippen LogP contribution in [0.1, 0.15) is 36.7 Å². The largest absolute Gasteiger partial charge is 0.486 e. The highest BCUT2D eigenvalue weighted by atomic mass is 19.2. The van der Waals surface area contributed by atoms with E-state index in [1.807, 2.05) is 0 Å². The Labute approximate surface area is 145 Å². The lowest BCUT2D eigenvalue weighted by molar-refractivity contribution is -0.386. The Bertz CT molecular complexity index is 1000. The summed E-state index contributed by atoms with van der Waals surface area (Å²) in [6, 6.07) is -0.479. The summed E-state index contributed by atoms with van der Waals surface area (Å²) in [5, 5.41) is 10.6. The maximum atomic E-state index is 14.2. The third kappa shape index (κ3) is 2.49. The van der Waals surface area contributed by atoms with Crippen molar-refractivity contribution in [3.63, 3.8) is 0 Å². The van der Waals surface area contributed by atoms with Gasteiger partial charge in [-0.15, -0.1) is 0 Å². The predicted octanol–water partition coefficient (Wildman–Crippen LogP) is 2.71. The van der Waals surface area contributed by atoms with Crippen LogP contribution in [0, 0.1) is 21.7 Å². The molecule has 0 saturated heterocycles. The molecule has 1 aromatic heterocycles. The van der Waals surface area contributed by atoms with E-state index in [0.717, 1.165) is 6.20 Å². The van der Waals surface area contributed by atoms with Crippen molar-refractivity contribution in [1.29, 1.82) is 0 Å². The minimum Gasteiger partial charge on any atom is -0.486 e. The van der Waals surface area contributed by atoms with Crippen molar-refractivity contribution in [3.8, 4) is 5.75 Å². The molecule has 0 spiro atoms. The van der Waals surface area contributed by atoms with E-state index in [-0.39, 0.29) is 18.7 Å². The van der Waals surface area contributed by atoms with E-state index in [1.54, 1.807) is 13.8 Å². The molecule has 0 bridgehead atoms. The highest BCUT2D eigenvalue weighted by Gasteiger charge is 2.36. The Balaban J connectivity index is 2.47. The molecule has 0 aliphatic carbocycles. The fourth-order valence-corrected chi connectivity index (χ4v) is 2.85. The number of halogens is 2. The third-order valence-corrected chi connectivity index (χ3v) is 4.07. The number of carbonyl (C=O) groups is 1. The smallest absolute Gasteiger partial charge is 0.343 e. The second-order valence-electron chi connectivity index (χ2n) is 5.86. The number of nitrogens with zero attached hydrogens (tertiary/aromatic N) is 2. The molecule has 0 amide bonds. The van der Waals surface area contributed by atoms with Gasteiger partial charge in [-0.1, -0.05) is 6.92 Å². The maximum absolute atomic E-state index is 14.2. The Morgan fingerprint density at radius 1 is 1.46 bits per heavy atom. The van der Waals surface area contributed by atoms with Gasteiger partial charge in [0.15, 0.2) is 5.75 Å². The topological polar surface area (TPSA) is 101 Å². The van der Waals surface area contributed by atoms with Crippen molar-refractivity contribution >= 4 is 22.6 Å². The summed E-state index contributed by atoms with van der Waals surface area (Å²) in [7, 11) is 0. The highest BCUT2D eigenvalue weighted by Crippen LogP contribution is 2.40. The quantitative estimate of drug-likeness (QED) is 0.467. The number of aromatic nitrogens is 1. The zero-order chi connectivity index (χ0) is 19.2. The summed E-state index contributed by atoms with van der Waals surface area (Å²) >= 11 is 0. The molecule has 10 heteroatoms. The number of hydrogen-bond acceptors (Lipinski definition) is 6. The molecule has 0 saturated carbocycles. The van der Waals surface area contributed by atoms with Gasteiger partial charge in [-0.2, -0.15) is 8.78 Å². The van der Waals surface area contributed by atoms with Crippen LogP contribution in [0.5, 0.6) is 5.75 Å². The minimum absolute atomic E-state index is 0.0418. The molecule has 2 heterocycles. The summed E-state index contributed by atoms with van der Waals surface area (Å²) in [6.45, 7) is 3.36.